The summed E-state index contributed by atoms with van der Waals surface area (Å²) in [6, 6.07) is 5.00. The third-order valence-electron chi connectivity index (χ3n) is 4.16. The summed E-state index contributed by atoms with van der Waals surface area (Å²) in [4.78, 5) is 7.08. The predicted molar refractivity (Wildman–Crippen MR) is 74.9 cm³/mol. The lowest BCUT2D eigenvalue weighted by Gasteiger charge is -2.28. The molecule has 0 bridgehead atoms. The van der Waals surface area contributed by atoms with Crippen LogP contribution in [0.25, 0.3) is 0 Å². The Morgan fingerprint density at radius 1 is 1.06 bits per heavy atom. The second-order valence-corrected chi connectivity index (χ2v) is 5.50. The molecular weight excluding hydrogens is 222 g/mol. The summed E-state index contributed by atoms with van der Waals surface area (Å²) < 4.78 is 0. The van der Waals surface area contributed by atoms with Crippen molar-refractivity contribution in [2.75, 3.05) is 24.5 Å². The van der Waals surface area contributed by atoms with E-state index >= 15 is 0 Å². The standard InChI is InChI=1S/C15H23N3/c1-4-10-18(11-5-1)15-8-7-13(12-17-15)14-6-2-3-9-16-14/h7-8,12,14,16H,1-6,9-11H2/t14-/m1/s1. The molecule has 18 heavy (non-hydrogen) atoms. The van der Waals surface area contributed by atoms with E-state index in [4.69, 9.17) is 0 Å². The maximum Gasteiger partial charge on any atom is 0.128 e. The zero-order chi connectivity index (χ0) is 12.2. The number of rotatable bonds is 2. The first-order chi connectivity index (χ1) is 8.93. The number of anilines is 1. The van der Waals surface area contributed by atoms with Crippen LogP contribution in [0.1, 0.15) is 50.1 Å². The molecule has 0 saturated carbocycles. The number of piperidine rings is 2. The van der Waals surface area contributed by atoms with E-state index in [2.05, 4.69) is 33.5 Å². The van der Waals surface area contributed by atoms with Gasteiger partial charge >= 0.3 is 0 Å². The van der Waals surface area contributed by atoms with Crippen LogP contribution in [0.4, 0.5) is 5.82 Å². The second-order valence-electron chi connectivity index (χ2n) is 5.50. The van der Waals surface area contributed by atoms with E-state index in [1.54, 1.807) is 0 Å². The molecule has 0 aliphatic carbocycles. The monoisotopic (exact) mass is 245 g/mol. The summed E-state index contributed by atoms with van der Waals surface area (Å²) in [6.45, 7) is 3.50. The van der Waals surface area contributed by atoms with E-state index in [0.29, 0.717) is 6.04 Å². The second kappa shape index (κ2) is 5.70. The summed E-state index contributed by atoms with van der Waals surface area (Å²) >= 11 is 0. The molecule has 0 radical (unpaired) electrons. The first-order valence-corrected chi connectivity index (χ1v) is 7.38. The molecule has 2 aliphatic heterocycles. The van der Waals surface area contributed by atoms with Crippen LogP contribution in [0.3, 0.4) is 0 Å². The third kappa shape index (κ3) is 2.66. The average molecular weight is 245 g/mol. The summed E-state index contributed by atoms with van der Waals surface area (Å²) in [5.41, 5.74) is 1.36. The minimum absolute atomic E-state index is 0.529. The normalized spacial score (nSPS) is 25.1. The third-order valence-corrected chi connectivity index (χ3v) is 4.16. The molecule has 98 valence electrons. The van der Waals surface area contributed by atoms with Crippen molar-refractivity contribution in [2.24, 2.45) is 0 Å². The van der Waals surface area contributed by atoms with Gasteiger partial charge in [-0.3, -0.25) is 0 Å². The zero-order valence-electron chi connectivity index (χ0n) is 11.1. The van der Waals surface area contributed by atoms with E-state index in [9.17, 15) is 0 Å². The van der Waals surface area contributed by atoms with Crippen molar-refractivity contribution in [3.8, 4) is 0 Å². The van der Waals surface area contributed by atoms with E-state index in [1.807, 2.05) is 0 Å². The van der Waals surface area contributed by atoms with Crippen LogP contribution in [0, 0.1) is 0 Å². The van der Waals surface area contributed by atoms with Gasteiger partial charge in [0, 0.05) is 25.3 Å². The van der Waals surface area contributed by atoms with Gasteiger partial charge in [-0.15, -0.1) is 0 Å². The largest absolute Gasteiger partial charge is 0.357 e. The highest BCUT2D eigenvalue weighted by atomic mass is 15.2. The van der Waals surface area contributed by atoms with Crippen molar-refractivity contribution < 1.29 is 0 Å². The number of pyridine rings is 1. The van der Waals surface area contributed by atoms with Crippen LogP contribution in [0.2, 0.25) is 0 Å². The first-order valence-electron chi connectivity index (χ1n) is 7.38. The molecule has 0 aromatic carbocycles. The summed E-state index contributed by atoms with van der Waals surface area (Å²) in [7, 11) is 0. The number of hydrogen-bond donors (Lipinski definition) is 1. The van der Waals surface area contributed by atoms with Crippen molar-refractivity contribution in [3.05, 3.63) is 23.9 Å². The first kappa shape index (κ1) is 12.0. The molecule has 0 unspecified atom stereocenters. The Morgan fingerprint density at radius 2 is 1.94 bits per heavy atom. The van der Waals surface area contributed by atoms with E-state index in [1.165, 1.54) is 57.2 Å². The maximum absolute atomic E-state index is 4.66. The molecule has 3 rings (SSSR count). The van der Waals surface area contributed by atoms with Crippen molar-refractivity contribution in [1.29, 1.82) is 0 Å². The highest BCUT2D eigenvalue weighted by Crippen LogP contribution is 2.24. The molecule has 1 aromatic heterocycles. The Balaban J connectivity index is 1.67. The van der Waals surface area contributed by atoms with E-state index in [0.717, 1.165) is 12.4 Å². The van der Waals surface area contributed by atoms with E-state index < -0.39 is 0 Å². The van der Waals surface area contributed by atoms with Crippen LogP contribution < -0.4 is 10.2 Å². The highest BCUT2D eigenvalue weighted by molar-refractivity contribution is 5.40. The van der Waals surface area contributed by atoms with Crippen LogP contribution in [0.15, 0.2) is 18.3 Å². The highest BCUT2D eigenvalue weighted by Gasteiger charge is 2.16. The number of nitrogens with one attached hydrogen (secondary N) is 1. The lowest BCUT2D eigenvalue weighted by atomic mass is 9.99. The molecule has 1 aromatic rings. The Bertz CT molecular complexity index is 325. The number of hydrogen-bond acceptors (Lipinski definition) is 3. The molecule has 3 heteroatoms. The van der Waals surface area contributed by atoms with Crippen molar-refractivity contribution >= 4 is 5.82 Å². The molecule has 2 aliphatic rings. The minimum atomic E-state index is 0.529. The lowest BCUT2D eigenvalue weighted by molar-refractivity contribution is 0.411. The molecule has 1 N–H and O–H groups in total. The SMILES string of the molecule is c1cc(N2CCCCC2)ncc1[C@H]1CCCCN1. The van der Waals surface area contributed by atoms with Gasteiger partial charge in [-0.25, -0.2) is 4.98 Å². The van der Waals surface area contributed by atoms with Gasteiger partial charge in [-0.1, -0.05) is 12.5 Å². The van der Waals surface area contributed by atoms with Crippen LogP contribution in [-0.4, -0.2) is 24.6 Å². The Labute approximate surface area is 110 Å². The maximum atomic E-state index is 4.66. The van der Waals surface area contributed by atoms with Gasteiger partial charge in [0.15, 0.2) is 0 Å². The topological polar surface area (TPSA) is 28.2 Å². The van der Waals surface area contributed by atoms with Gasteiger partial charge in [-0.05, 0) is 50.3 Å². The van der Waals surface area contributed by atoms with Gasteiger partial charge in [0.25, 0.3) is 0 Å². The molecule has 2 saturated heterocycles. The number of aromatic nitrogens is 1. The fraction of sp³-hybridized carbons (Fsp3) is 0.667. The van der Waals surface area contributed by atoms with Gasteiger partial charge in [0.05, 0.1) is 0 Å². The Kier molecular flexibility index (Phi) is 3.79. The number of nitrogens with zero attached hydrogens (tertiary/aromatic N) is 2. The van der Waals surface area contributed by atoms with Crippen molar-refractivity contribution in [1.82, 2.24) is 10.3 Å². The van der Waals surface area contributed by atoms with Crippen LogP contribution in [0.5, 0.6) is 0 Å². The molecule has 0 spiro atoms. The average Bonchev–Trinajstić information content (AvgIpc) is 2.49. The summed E-state index contributed by atoms with van der Waals surface area (Å²) in [5.74, 6) is 1.16. The molecule has 3 nitrogen and oxygen atoms in total. The van der Waals surface area contributed by atoms with Crippen molar-refractivity contribution in [2.45, 2.75) is 44.6 Å². The van der Waals surface area contributed by atoms with E-state index in [-0.39, 0.29) is 0 Å². The lowest BCUT2D eigenvalue weighted by Crippen LogP contribution is -2.30. The fourth-order valence-electron chi connectivity index (χ4n) is 3.05. The predicted octanol–water partition coefficient (Wildman–Crippen LogP) is 2.89. The van der Waals surface area contributed by atoms with Crippen LogP contribution in [-0.2, 0) is 0 Å². The molecular formula is C15H23N3. The molecule has 3 heterocycles. The quantitative estimate of drug-likeness (QED) is 0.868. The fourth-order valence-corrected chi connectivity index (χ4v) is 3.05. The minimum Gasteiger partial charge on any atom is -0.357 e. The van der Waals surface area contributed by atoms with Gasteiger partial charge in [0.1, 0.15) is 5.82 Å². The summed E-state index contributed by atoms with van der Waals surface area (Å²) in [5, 5.41) is 3.58. The zero-order valence-corrected chi connectivity index (χ0v) is 11.1. The molecule has 2 fully saturated rings. The Hall–Kier alpha value is -1.09. The van der Waals surface area contributed by atoms with Gasteiger partial charge < -0.3 is 10.2 Å². The molecule has 1 atom stereocenters. The van der Waals surface area contributed by atoms with Crippen molar-refractivity contribution in [3.63, 3.8) is 0 Å². The van der Waals surface area contributed by atoms with Crippen LogP contribution >= 0.6 is 0 Å². The molecule has 0 amide bonds. The smallest absolute Gasteiger partial charge is 0.128 e. The van der Waals surface area contributed by atoms with Gasteiger partial charge in [-0.2, -0.15) is 0 Å². The summed E-state index contributed by atoms with van der Waals surface area (Å²) in [6.07, 6.45) is 9.99. The van der Waals surface area contributed by atoms with Gasteiger partial charge in [0.2, 0.25) is 0 Å². The Morgan fingerprint density at radius 3 is 2.61 bits per heavy atom.